The SMILES string of the molecule is COC(=O)c1[c]scc1C#N. The van der Waals surface area contributed by atoms with E-state index in [0.717, 1.165) is 0 Å². The van der Waals surface area contributed by atoms with Gasteiger partial charge in [0.25, 0.3) is 0 Å². The van der Waals surface area contributed by atoms with E-state index in [2.05, 4.69) is 10.1 Å². The minimum absolute atomic E-state index is 0.222. The van der Waals surface area contributed by atoms with Crippen LogP contribution in [0.2, 0.25) is 0 Å². The maximum Gasteiger partial charge on any atom is 0.340 e. The molecule has 11 heavy (non-hydrogen) atoms. The number of ether oxygens (including phenoxy) is 1. The van der Waals surface area contributed by atoms with Gasteiger partial charge in [0.2, 0.25) is 0 Å². The number of nitriles is 1. The molecule has 0 spiro atoms. The van der Waals surface area contributed by atoms with E-state index in [1.54, 1.807) is 5.38 Å². The summed E-state index contributed by atoms with van der Waals surface area (Å²) in [5.74, 6) is -0.511. The van der Waals surface area contributed by atoms with Crippen LogP contribution in [0.5, 0.6) is 0 Å². The fourth-order valence-corrected chi connectivity index (χ4v) is 1.26. The number of thiophene rings is 1. The number of nitrogens with zero attached hydrogens (tertiary/aromatic N) is 1. The molecule has 55 valence electrons. The van der Waals surface area contributed by atoms with Gasteiger partial charge in [0, 0.05) is 5.38 Å². The van der Waals surface area contributed by atoms with Crippen molar-refractivity contribution in [3.63, 3.8) is 0 Å². The normalized spacial score (nSPS) is 8.73. The molecule has 1 heterocycles. The Morgan fingerprint density at radius 2 is 2.64 bits per heavy atom. The Morgan fingerprint density at radius 1 is 1.91 bits per heavy atom. The molecule has 4 heteroatoms. The van der Waals surface area contributed by atoms with E-state index < -0.39 is 5.97 Å². The molecule has 3 nitrogen and oxygen atoms in total. The van der Waals surface area contributed by atoms with Crippen molar-refractivity contribution in [2.24, 2.45) is 0 Å². The lowest BCUT2D eigenvalue weighted by atomic mass is 10.2. The molecule has 0 aliphatic heterocycles. The van der Waals surface area contributed by atoms with Crippen LogP contribution in [0.3, 0.4) is 0 Å². The van der Waals surface area contributed by atoms with Crippen LogP contribution in [-0.4, -0.2) is 13.1 Å². The summed E-state index contributed by atoms with van der Waals surface area (Å²) >= 11 is 1.19. The Balaban J connectivity index is 3.05. The van der Waals surface area contributed by atoms with Crippen molar-refractivity contribution in [1.82, 2.24) is 0 Å². The van der Waals surface area contributed by atoms with E-state index in [9.17, 15) is 4.79 Å². The van der Waals surface area contributed by atoms with Crippen LogP contribution >= 0.6 is 11.3 Å². The van der Waals surface area contributed by atoms with Gasteiger partial charge in [-0.05, 0) is 0 Å². The van der Waals surface area contributed by atoms with Gasteiger partial charge in [0.15, 0.2) is 0 Å². The van der Waals surface area contributed by atoms with Gasteiger partial charge in [-0.2, -0.15) is 5.26 Å². The van der Waals surface area contributed by atoms with Crippen LogP contribution in [0.25, 0.3) is 0 Å². The average Bonchev–Trinajstić information content (AvgIpc) is 2.50. The zero-order valence-electron chi connectivity index (χ0n) is 5.75. The maximum absolute atomic E-state index is 10.9. The lowest BCUT2D eigenvalue weighted by molar-refractivity contribution is 0.0600. The first-order valence-electron chi connectivity index (χ1n) is 2.77. The van der Waals surface area contributed by atoms with Gasteiger partial charge in [-0.15, -0.1) is 11.3 Å². The summed E-state index contributed by atoms with van der Waals surface area (Å²) in [5.41, 5.74) is 0.543. The number of esters is 1. The highest BCUT2D eigenvalue weighted by atomic mass is 32.1. The summed E-state index contributed by atoms with van der Waals surface area (Å²) in [6, 6.07) is 1.87. The third-order valence-electron chi connectivity index (χ3n) is 1.12. The molecule has 0 atom stereocenters. The summed E-state index contributed by atoms with van der Waals surface area (Å²) in [4.78, 5) is 10.9. The van der Waals surface area contributed by atoms with Crippen molar-refractivity contribution in [3.8, 4) is 6.07 Å². The van der Waals surface area contributed by atoms with Crippen LogP contribution in [0, 0.1) is 16.7 Å². The second-order valence-electron chi connectivity index (χ2n) is 1.73. The summed E-state index contributed by atoms with van der Waals surface area (Å²) in [6.45, 7) is 0. The zero-order chi connectivity index (χ0) is 8.27. The van der Waals surface area contributed by atoms with Crippen LogP contribution < -0.4 is 0 Å². The second-order valence-corrected chi connectivity index (χ2v) is 2.41. The molecule has 0 amide bonds. The standard InChI is InChI=1S/C7H4NO2S/c1-10-7(9)6-4-11-3-5(6)2-8/h3H,1H3. The predicted molar refractivity (Wildman–Crippen MR) is 39.2 cm³/mol. The summed E-state index contributed by atoms with van der Waals surface area (Å²) < 4.78 is 4.42. The molecule has 0 unspecified atom stereocenters. The Bertz CT molecular complexity index is 310. The van der Waals surface area contributed by atoms with E-state index in [4.69, 9.17) is 5.26 Å². The van der Waals surface area contributed by atoms with Gasteiger partial charge in [0.1, 0.15) is 6.07 Å². The molecule has 1 aromatic rings. The number of methoxy groups -OCH3 is 1. The highest BCUT2D eigenvalue weighted by Crippen LogP contribution is 2.13. The quantitative estimate of drug-likeness (QED) is 0.589. The van der Waals surface area contributed by atoms with Gasteiger partial charge < -0.3 is 4.74 Å². The Kier molecular flexibility index (Phi) is 2.24. The topological polar surface area (TPSA) is 50.1 Å². The molecule has 0 N–H and O–H groups in total. The van der Waals surface area contributed by atoms with Gasteiger partial charge in [0.05, 0.1) is 23.6 Å². The Hall–Kier alpha value is -1.34. The fraction of sp³-hybridized carbons (Fsp3) is 0.143. The lowest BCUT2D eigenvalue weighted by Gasteiger charge is -1.92. The second kappa shape index (κ2) is 3.17. The first-order valence-corrected chi connectivity index (χ1v) is 3.65. The Labute approximate surface area is 67.8 Å². The number of carbonyl (C=O) groups is 1. The molecule has 0 aliphatic rings. The highest BCUT2D eigenvalue weighted by Gasteiger charge is 2.12. The molecule has 0 aliphatic carbocycles. The van der Waals surface area contributed by atoms with Crippen molar-refractivity contribution >= 4 is 17.3 Å². The van der Waals surface area contributed by atoms with Crippen LogP contribution in [0.4, 0.5) is 0 Å². The van der Waals surface area contributed by atoms with E-state index in [1.807, 2.05) is 6.07 Å². The van der Waals surface area contributed by atoms with Crippen molar-refractivity contribution < 1.29 is 9.53 Å². The first-order chi connectivity index (χ1) is 5.29. The molecule has 1 aromatic heterocycles. The average molecular weight is 166 g/mol. The molecule has 0 bridgehead atoms. The molecule has 0 fully saturated rings. The van der Waals surface area contributed by atoms with Crippen molar-refractivity contribution in [2.45, 2.75) is 0 Å². The number of carbonyl (C=O) groups excluding carboxylic acids is 1. The Morgan fingerprint density at radius 3 is 3.18 bits per heavy atom. The molecule has 0 saturated heterocycles. The van der Waals surface area contributed by atoms with Crippen LogP contribution in [0.1, 0.15) is 15.9 Å². The van der Waals surface area contributed by atoms with E-state index in [1.165, 1.54) is 18.4 Å². The van der Waals surface area contributed by atoms with E-state index >= 15 is 0 Å². The van der Waals surface area contributed by atoms with Crippen molar-refractivity contribution in [1.29, 1.82) is 5.26 Å². The zero-order valence-corrected chi connectivity index (χ0v) is 6.57. The molecular formula is C7H4NO2S. The number of hydrogen-bond acceptors (Lipinski definition) is 4. The van der Waals surface area contributed by atoms with Gasteiger partial charge in [-0.25, -0.2) is 4.79 Å². The first kappa shape index (κ1) is 7.76. The van der Waals surface area contributed by atoms with E-state index in [-0.39, 0.29) is 5.56 Å². The van der Waals surface area contributed by atoms with Crippen LogP contribution in [0.15, 0.2) is 5.38 Å². The van der Waals surface area contributed by atoms with E-state index in [0.29, 0.717) is 5.56 Å². The smallest absolute Gasteiger partial charge is 0.340 e. The monoisotopic (exact) mass is 166 g/mol. The largest absolute Gasteiger partial charge is 0.465 e. The molecule has 1 rings (SSSR count). The highest BCUT2D eigenvalue weighted by molar-refractivity contribution is 7.07. The summed E-state index contributed by atoms with van der Waals surface area (Å²) in [7, 11) is 1.27. The summed E-state index contributed by atoms with van der Waals surface area (Å²) in [5, 5.41) is 12.7. The van der Waals surface area contributed by atoms with Crippen molar-refractivity contribution in [2.75, 3.05) is 7.11 Å². The van der Waals surface area contributed by atoms with Gasteiger partial charge in [-0.1, -0.05) is 0 Å². The molecule has 0 saturated carbocycles. The third kappa shape index (κ3) is 1.38. The third-order valence-corrected chi connectivity index (χ3v) is 1.79. The van der Waals surface area contributed by atoms with Crippen molar-refractivity contribution in [3.05, 3.63) is 21.9 Å². The number of rotatable bonds is 1. The predicted octanol–water partition coefficient (Wildman–Crippen LogP) is 1.21. The minimum Gasteiger partial charge on any atom is -0.465 e. The number of hydrogen-bond donors (Lipinski definition) is 0. The van der Waals surface area contributed by atoms with Gasteiger partial charge >= 0.3 is 5.97 Å². The molecular weight excluding hydrogens is 162 g/mol. The summed E-state index contributed by atoms with van der Waals surface area (Å²) in [6.07, 6.45) is 0. The van der Waals surface area contributed by atoms with Crippen LogP contribution in [-0.2, 0) is 4.74 Å². The fourth-order valence-electron chi connectivity index (χ4n) is 0.597. The minimum atomic E-state index is -0.511. The maximum atomic E-state index is 10.9. The molecule has 1 radical (unpaired) electrons. The lowest BCUT2D eigenvalue weighted by Crippen LogP contribution is -2.01. The molecule has 0 aromatic carbocycles. The van der Waals surface area contributed by atoms with Gasteiger partial charge in [-0.3, -0.25) is 0 Å².